The van der Waals surface area contributed by atoms with Crippen LogP contribution in [-0.4, -0.2) is 8.83 Å². The molecule has 2 aromatic rings. The van der Waals surface area contributed by atoms with Crippen LogP contribution in [0.15, 0.2) is 66.8 Å². The SMILES string of the molecule is Cl[SiH2]CC1c2ccccc2-c2cccc(C3C=CC=C3)c21.[Cl-].[Cl-].[V+2]. The minimum absolute atomic E-state index is 0. The fourth-order valence-corrected chi connectivity index (χ4v) is 5.22. The smallest absolute Gasteiger partial charge is 1.00 e. The third-order valence-corrected chi connectivity index (χ3v) is 6.07. The summed E-state index contributed by atoms with van der Waals surface area (Å²) in [5.74, 6) is 0.924. The molecule has 0 fully saturated rings. The minimum atomic E-state index is -0.496. The third-order valence-electron chi connectivity index (χ3n) is 4.62. The maximum Gasteiger partial charge on any atom is 2.00 e. The Morgan fingerprint density at radius 3 is 2.17 bits per heavy atom. The number of fused-ring (bicyclic) bond motifs is 3. The first kappa shape index (κ1) is 21.6. The van der Waals surface area contributed by atoms with E-state index in [1.807, 2.05) is 0 Å². The second kappa shape index (κ2) is 9.33. The molecule has 5 heteroatoms. The van der Waals surface area contributed by atoms with Crippen LogP contribution in [0.5, 0.6) is 0 Å². The second-order valence-electron chi connectivity index (χ2n) is 5.72. The Morgan fingerprint density at radius 1 is 0.833 bits per heavy atom. The van der Waals surface area contributed by atoms with Crippen molar-refractivity contribution in [3.05, 3.63) is 83.5 Å². The van der Waals surface area contributed by atoms with Gasteiger partial charge in [0.25, 0.3) is 0 Å². The summed E-state index contributed by atoms with van der Waals surface area (Å²) < 4.78 is 0. The fourth-order valence-electron chi connectivity index (χ4n) is 3.75. The Morgan fingerprint density at radius 2 is 1.46 bits per heavy atom. The van der Waals surface area contributed by atoms with E-state index >= 15 is 0 Å². The van der Waals surface area contributed by atoms with Gasteiger partial charge in [0.15, 0.2) is 0 Å². The summed E-state index contributed by atoms with van der Waals surface area (Å²) in [6.45, 7) is 0. The third kappa shape index (κ3) is 3.58. The van der Waals surface area contributed by atoms with Gasteiger partial charge in [0.2, 0.25) is 0 Å². The molecular formula is C19H17Cl3SiV. The summed E-state index contributed by atoms with van der Waals surface area (Å²) in [7, 11) is -0.496. The average Bonchev–Trinajstić information content (AvgIpc) is 3.15. The molecule has 0 saturated carbocycles. The van der Waals surface area contributed by atoms with Gasteiger partial charge in [-0.05, 0) is 33.9 Å². The summed E-state index contributed by atoms with van der Waals surface area (Å²) in [4.78, 5) is 0. The van der Waals surface area contributed by atoms with Crippen molar-refractivity contribution >= 4 is 19.9 Å². The Bertz CT molecular complexity index is 746. The van der Waals surface area contributed by atoms with Crippen molar-refractivity contribution in [3.8, 4) is 11.1 Å². The van der Waals surface area contributed by atoms with Gasteiger partial charge < -0.3 is 24.8 Å². The monoisotopic (exact) mass is 429 g/mol. The van der Waals surface area contributed by atoms with Gasteiger partial charge in [0, 0.05) is 11.8 Å². The molecule has 2 aromatic carbocycles. The van der Waals surface area contributed by atoms with E-state index in [1.165, 1.54) is 27.8 Å². The summed E-state index contributed by atoms with van der Waals surface area (Å²) in [5.41, 5.74) is 7.27. The number of hydrogen-bond acceptors (Lipinski definition) is 0. The number of rotatable bonds is 3. The van der Waals surface area contributed by atoms with Crippen LogP contribution >= 0.6 is 11.1 Å². The van der Waals surface area contributed by atoms with E-state index in [4.69, 9.17) is 11.1 Å². The molecule has 0 aromatic heterocycles. The van der Waals surface area contributed by atoms with E-state index in [9.17, 15) is 0 Å². The van der Waals surface area contributed by atoms with Crippen molar-refractivity contribution in [1.29, 1.82) is 0 Å². The standard InChI is InChI=1S/C19H17ClSi.2ClH.V/c20-21-12-18-16-9-4-3-8-15(16)17-11-5-10-14(19(17)18)13-6-1-2-7-13;;;/h1-11,13,18H,12,21H2;2*1H;/q;;;+2/p-2. The predicted octanol–water partition coefficient (Wildman–Crippen LogP) is -1.25. The molecule has 1 radical (unpaired) electrons. The molecule has 0 nitrogen and oxygen atoms in total. The van der Waals surface area contributed by atoms with Gasteiger partial charge in [-0.25, -0.2) is 0 Å². The van der Waals surface area contributed by atoms with Gasteiger partial charge in [-0.3, -0.25) is 0 Å². The minimum Gasteiger partial charge on any atom is -1.00 e. The van der Waals surface area contributed by atoms with Gasteiger partial charge in [0.05, 0.1) is 0 Å². The fraction of sp³-hybridized carbons (Fsp3) is 0.158. The Labute approximate surface area is 175 Å². The van der Waals surface area contributed by atoms with Crippen LogP contribution in [0.1, 0.15) is 28.5 Å². The van der Waals surface area contributed by atoms with Crippen LogP contribution in [0, 0.1) is 0 Å². The first-order valence-corrected chi connectivity index (χ1v) is 10.7. The topological polar surface area (TPSA) is 0 Å². The zero-order valence-corrected chi connectivity index (χ0v) is 18.1. The van der Waals surface area contributed by atoms with Crippen molar-refractivity contribution in [2.24, 2.45) is 0 Å². The van der Waals surface area contributed by atoms with Gasteiger partial charge in [-0.1, -0.05) is 66.8 Å². The van der Waals surface area contributed by atoms with E-state index in [-0.39, 0.29) is 43.4 Å². The summed E-state index contributed by atoms with van der Waals surface area (Å²) in [5, 5.41) is 0. The van der Waals surface area contributed by atoms with Gasteiger partial charge in [0.1, 0.15) is 8.83 Å². The maximum atomic E-state index is 6.24. The Balaban J connectivity index is 0.000000960. The van der Waals surface area contributed by atoms with E-state index in [0.29, 0.717) is 11.8 Å². The molecule has 1 unspecified atom stereocenters. The second-order valence-corrected chi connectivity index (χ2v) is 7.81. The molecule has 123 valence electrons. The molecule has 0 heterocycles. The number of allylic oxidation sites excluding steroid dienone is 4. The Hall–Kier alpha value is -0.409. The largest absolute Gasteiger partial charge is 2.00 e. The quantitative estimate of drug-likeness (QED) is 0.422. The molecule has 0 spiro atoms. The predicted molar refractivity (Wildman–Crippen MR) is 93.9 cm³/mol. The molecule has 1 atom stereocenters. The van der Waals surface area contributed by atoms with Gasteiger partial charge in [-0.2, -0.15) is 11.1 Å². The number of benzene rings is 2. The van der Waals surface area contributed by atoms with Crippen LogP contribution in [0.25, 0.3) is 11.1 Å². The van der Waals surface area contributed by atoms with Crippen molar-refractivity contribution in [2.75, 3.05) is 0 Å². The van der Waals surface area contributed by atoms with Crippen molar-refractivity contribution in [1.82, 2.24) is 0 Å². The number of hydrogen-bond donors (Lipinski definition) is 0. The maximum absolute atomic E-state index is 6.24. The first-order chi connectivity index (χ1) is 10.4. The van der Waals surface area contributed by atoms with Gasteiger partial charge in [-0.15, -0.1) is 0 Å². The molecule has 4 rings (SSSR count). The first-order valence-electron chi connectivity index (χ1n) is 7.53. The van der Waals surface area contributed by atoms with Crippen molar-refractivity contribution < 1.29 is 43.4 Å². The molecule has 0 saturated heterocycles. The molecule has 2 aliphatic rings. The van der Waals surface area contributed by atoms with Crippen LogP contribution in [0.3, 0.4) is 0 Å². The molecule has 0 bridgehead atoms. The van der Waals surface area contributed by atoms with Crippen LogP contribution in [0.2, 0.25) is 6.04 Å². The molecule has 24 heavy (non-hydrogen) atoms. The summed E-state index contributed by atoms with van der Waals surface area (Å²) in [6.07, 6.45) is 8.87. The van der Waals surface area contributed by atoms with E-state index in [1.54, 1.807) is 0 Å². The summed E-state index contributed by atoms with van der Waals surface area (Å²) in [6, 6.07) is 16.7. The van der Waals surface area contributed by atoms with E-state index < -0.39 is 8.83 Å². The zero-order chi connectivity index (χ0) is 14.2. The Kier molecular flexibility index (Phi) is 8.41. The van der Waals surface area contributed by atoms with Gasteiger partial charge >= 0.3 is 18.6 Å². The molecule has 0 aliphatic heterocycles. The molecular weight excluding hydrogens is 414 g/mol. The van der Waals surface area contributed by atoms with Crippen LogP contribution in [-0.2, 0) is 18.6 Å². The van der Waals surface area contributed by atoms with Crippen molar-refractivity contribution in [2.45, 2.75) is 17.9 Å². The normalized spacial score (nSPS) is 17.1. The number of halogens is 3. The summed E-state index contributed by atoms with van der Waals surface area (Å²) >= 11 is 6.24. The molecule has 0 N–H and O–H groups in total. The molecule has 2 aliphatic carbocycles. The van der Waals surface area contributed by atoms with E-state index in [2.05, 4.69) is 66.8 Å². The van der Waals surface area contributed by atoms with E-state index in [0.717, 1.165) is 6.04 Å². The van der Waals surface area contributed by atoms with Crippen LogP contribution in [0.4, 0.5) is 0 Å². The zero-order valence-electron chi connectivity index (χ0n) is 13.0. The van der Waals surface area contributed by atoms with Crippen LogP contribution < -0.4 is 24.8 Å². The average molecular weight is 431 g/mol. The van der Waals surface area contributed by atoms with Crippen molar-refractivity contribution in [3.63, 3.8) is 0 Å². The molecule has 0 amide bonds.